The third kappa shape index (κ3) is 6.49. The van der Waals surface area contributed by atoms with Gasteiger partial charge in [-0.2, -0.15) is 0 Å². The Morgan fingerprint density at radius 1 is 0.711 bits per heavy atom. The molecule has 0 radical (unpaired) electrons. The fraction of sp³-hybridized carbons (Fsp3) is 0.125. The molecule has 228 valence electrons. The number of aromatic nitrogens is 2. The van der Waals surface area contributed by atoms with E-state index in [0.717, 1.165) is 11.1 Å². The van der Waals surface area contributed by atoms with E-state index in [2.05, 4.69) is 9.97 Å². The molecule has 0 aliphatic heterocycles. The zero-order valence-corrected chi connectivity index (χ0v) is 25.7. The Kier molecular flexibility index (Phi) is 8.84. The lowest BCUT2D eigenvalue weighted by atomic mass is 10.1. The number of rotatable bonds is 5. The molecule has 0 saturated heterocycles. The Hall–Kier alpha value is -5.26. The van der Waals surface area contributed by atoms with Crippen molar-refractivity contribution in [2.24, 2.45) is 0 Å². The van der Waals surface area contributed by atoms with Gasteiger partial charge in [-0.25, -0.2) is 19.6 Å². The molecular formula is C32H23Cl2N3O8. The van der Waals surface area contributed by atoms with Crippen molar-refractivity contribution in [1.29, 1.82) is 0 Å². The molecule has 2 aromatic heterocycles. The van der Waals surface area contributed by atoms with Crippen LogP contribution in [0.3, 0.4) is 0 Å². The van der Waals surface area contributed by atoms with E-state index >= 15 is 0 Å². The molecule has 4 aromatic carbocycles. The summed E-state index contributed by atoms with van der Waals surface area (Å²) in [5, 5.41) is 12.0. The molecule has 0 N–H and O–H groups in total. The number of hydrogen-bond acceptors (Lipinski definition) is 10. The molecule has 11 nitrogen and oxygen atoms in total. The molecule has 0 aliphatic carbocycles. The maximum absolute atomic E-state index is 12.3. The van der Waals surface area contributed by atoms with Crippen LogP contribution in [0.5, 0.6) is 11.5 Å². The van der Waals surface area contributed by atoms with Crippen molar-refractivity contribution >= 4 is 50.7 Å². The van der Waals surface area contributed by atoms with Gasteiger partial charge >= 0.3 is 11.3 Å². The van der Waals surface area contributed by atoms with Crippen molar-refractivity contribution in [3.63, 3.8) is 0 Å². The topological polar surface area (TPSA) is 148 Å². The third-order valence-electron chi connectivity index (χ3n) is 6.87. The molecule has 2 heterocycles. The largest absolute Gasteiger partial charge is 0.493 e. The molecule has 0 unspecified atom stereocenters. The maximum atomic E-state index is 12.3. The maximum Gasteiger partial charge on any atom is 0.347 e. The first-order valence-electron chi connectivity index (χ1n) is 13.2. The Morgan fingerprint density at radius 2 is 1.29 bits per heavy atom. The van der Waals surface area contributed by atoms with Crippen LogP contribution in [0.2, 0.25) is 10.0 Å². The average molecular weight is 648 g/mol. The summed E-state index contributed by atoms with van der Waals surface area (Å²) >= 11 is 11.6. The quantitative estimate of drug-likeness (QED) is 0.135. The summed E-state index contributed by atoms with van der Waals surface area (Å²) in [6.45, 7) is 4.03. The SMILES string of the molecule is COc1cc2nc(-c3ccc(C)c(C)c3)oc(=O)c2cc1OC.O=c1oc(-c2ccc(Cl)c([N+](=O)[O-])c2)nc2cc(Cl)ccc12. The predicted molar refractivity (Wildman–Crippen MR) is 171 cm³/mol. The molecular weight excluding hydrogens is 625 g/mol. The van der Waals surface area contributed by atoms with Gasteiger partial charge in [-0.15, -0.1) is 0 Å². The smallest absolute Gasteiger partial charge is 0.347 e. The number of methoxy groups -OCH3 is 2. The number of fused-ring (bicyclic) bond motifs is 2. The molecule has 0 aliphatic rings. The minimum Gasteiger partial charge on any atom is -0.493 e. The average Bonchev–Trinajstić information content (AvgIpc) is 3.01. The first kappa shape index (κ1) is 31.2. The van der Waals surface area contributed by atoms with Crippen molar-refractivity contribution in [3.8, 4) is 34.4 Å². The molecule has 0 fully saturated rings. The summed E-state index contributed by atoms with van der Waals surface area (Å²) in [7, 11) is 3.06. The highest BCUT2D eigenvalue weighted by Crippen LogP contribution is 2.32. The zero-order chi connectivity index (χ0) is 32.4. The molecule has 0 spiro atoms. The van der Waals surface area contributed by atoms with Crippen LogP contribution in [0.1, 0.15) is 11.1 Å². The van der Waals surface area contributed by atoms with E-state index in [1.54, 1.807) is 25.3 Å². The lowest BCUT2D eigenvalue weighted by Gasteiger charge is -2.09. The first-order chi connectivity index (χ1) is 21.5. The summed E-state index contributed by atoms with van der Waals surface area (Å²) in [6.07, 6.45) is 0. The standard InChI is InChI=1S/C18H17NO4.C14H6Cl2N2O4/c1-10-5-6-12(7-11(10)2)17-19-14-9-16(22-4)15(21-3)8-13(14)18(20)23-17;15-8-2-3-9-11(6-8)17-13(22-14(9)19)7-1-4-10(16)12(5-7)18(20)21/h5-9H,1-4H3;1-6H. The second-order valence-corrected chi connectivity index (χ2v) is 10.6. The van der Waals surface area contributed by atoms with Gasteiger partial charge in [-0.3, -0.25) is 10.1 Å². The summed E-state index contributed by atoms with van der Waals surface area (Å²) in [5.41, 5.74) is 2.82. The van der Waals surface area contributed by atoms with Crippen LogP contribution in [0, 0.1) is 24.0 Å². The number of hydrogen-bond donors (Lipinski definition) is 0. The van der Waals surface area contributed by atoms with E-state index in [9.17, 15) is 19.7 Å². The molecule has 0 saturated carbocycles. The predicted octanol–water partition coefficient (Wildman–Crippen LogP) is 7.56. The van der Waals surface area contributed by atoms with Crippen LogP contribution in [0.15, 0.2) is 85.2 Å². The fourth-order valence-corrected chi connectivity index (χ4v) is 4.70. The van der Waals surface area contributed by atoms with Gasteiger partial charge in [0.1, 0.15) is 5.02 Å². The Bertz CT molecular complexity index is 2230. The lowest BCUT2D eigenvalue weighted by Crippen LogP contribution is -2.04. The number of aryl methyl sites for hydroxylation is 2. The minimum atomic E-state index is -0.623. The van der Waals surface area contributed by atoms with Crippen LogP contribution in [-0.2, 0) is 0 Å². The molecule has 6 aromatic rings. The Morgan fingerprint density at radius 3 is 1.91 bits per heavy atom. The molecule has 0 amide bonds. The van der Waals surface area contributed by atoms with Gasteiger partial charge in [0.25, 0.3) is 5.69 Å². The third-order valence-corrected chi connectivity index (χ3v) is 7.42. The van der Waals surface area contributed by atoms with Crippen molar-refractivity contribution in [1.82, 2.24) is 9.97 Å². The monoisotopic (exact) mass is 647 g/mol. The molecule has 45 heavy (non-hydrogen) atoms. The van der Waals surface area contributed by atoms with Gasteiger partial charge < -0.3 is 18.3 Å². The Labute approximate surface area is 264 Å². The molecule has 6 rings (SSSR count). The summed E-state index contributed by atoms with van der Waals surface area (Å²) in [6, 6.07) is 17.7. The minimum absolute atomic E-state index is 0.0140. The number of nitrogens with zero attached hydrogens (tertiary/aromatic N) is 3. The van der Waals surface area contributed by atoms with E-state index in [1.165, 1.54) is 43.0 Å². The fourth-order valence-electron chi connectivity index (χ4n) is 4.35. The van der Waals surface area contributed by atoms with Crippen molar-refractivity contribution in [2.45, 2.75) is 13.8 Å². The first-order valence-corrected chi connectivity index (χ1v) is 13.9. The molecule has 13 heteroatoms. The van der Waals surface area contributed by atoms with E-state index in [0.29, 0.717) is 32.9 Å². The number of halogens is 2. The molecule has 0 atom stereocenters. The summed E-state index contributed by atoms with van der Waals surface area (Å²) in [5.74, 6) is 1.23. The number of ether oxygens (including phenoxy) is 2. The van der Waals surface area contributed by atoms with Crippen LogP contribution in [0.4, 0.5) is 5.69 Å². The van der Waals surface area contributed by atoms with Gasteiger partial charge in [0.15, 0.2) is 11.5 Å². The van der Waals surface area contributed by atoms with Gasteiger partial charge in [0.2, 0.25) is 11.8 Å². The number of benzene rings is 4. The number of nitro groups is 1. The highest BCUT2D eigenvalue weighted by molar-refractivity contribution is 6.32. The van der Waals surface area contributed by atoms with E-state index in [4.69, 9.17) is 41.5 Å². The van der Waals surface area contributed by atoms with Gasteiger partial charge in [0.05, 0.1) is 40.9 Å². The zero-order valence-electron chi connectivity index (χ0n) is 24.2. The second-order valence-electron chi connectivity index (χ2n) is 9.72. The van der Waals surface area contributed by atoms with Gasteiger partial charge in [-0.05, 0) is 67.4 Å². The van der Waals surface area contributed by atoms with Crippen LogP contribution < -0.4 is 20.7 Å². The summed E-state index contributed by atoms with van der Waals surface area (Å²) in [4.78, 5) is 43.2. The highest BCUT2D eigenvalue weighted by atomic mass is 35.5. The second kappa shape index (κ2) is 12.8. The normalized spacial score (nSPS) is 10.8. The Balaban J connectivity index is 0.000000178. The van der Waals surface area contributed by atoms with Crippen LogP contribution in [-0.4, -0.2) is 29.1 Å². The lowest BCUT2D eigenvalue weighted by molar-refractivity contribution is -0.384. The van der Waals surface area contributed by atoms with Crippen molar-refractivity contribution < 1.29 is 23.2 Å². The van der Waals surface area contributed by atoms with Crippen molar-refractivity contribution in [3.05, 3.63) is 119 Å². The van der Waals surface area contributed by atoms with E-state index in [1.807, 2.05) is 32.0 Å². The highest BCUT2D eigenvalue weighted by Gasteiger charge is 2.17. The van der Waals surface area contributed by atoms with E-state index in [-0.39, 0.29) is 33.4 Å². The van der Waals surface area contributed by atoms with Crippen LogP contribution in [0.25, 0.3) is 44.7 Å². The van der Waals surface area contributed by atoms with Crippen molar-refractivity contribution in [2.75, 3.05) is 14.2 Å². The van der Waals surface area contributed by atoms with Gasteiger partial charge in [-0.1, -0.05) is 29.3 Å². The van der Waals surface area contributed by atoms with Crippen LogP contribution >= 0.6 is 23.2 Å². The number of nitro benzene ring substituents is 1. The van der Waals surface area contributed by atoms with Gasteiger partial charge in [0, 0.05) is 34.3 Å². The van der Waals surface area contributed by atoms with E-state index < -0.39 is 16.2 Å². The summed E-state index contributed by atoms with van der Waals surface area (Å²) < 4.78 is 21.0. The molecule has 0 bridgehead atoms.